The van der Waals surface area contributed by atoms with Crippen LogP contribution >= 0.6 is 0 Å². The number of aliphatic hydroxyl groups excluding tert-OH is 1. The van der Waals surface area contributed by atoms with Crippen molar-refractivity contribution in [2.24, 2.45) is 0 Å². The Morgan fingerprint density at radius 2 is 2.33 bits per heavy atom. The number of ether oxygens (including phenoxy) is 1. The van der Waals surface area contributed by atoms with Crippen LogP contribution in [0.1, 0.15) is 20.3 Å². The van der Waals surface area contributed by atoms with Gasteiger partial charge in [0.15, 0.2) is 6.29 Å². The van der Waals surface area contributed by atoms with Gasteiger partial charge in [0.1, 0.15) is 0 Å². The number of aliphatic hydroxyl groups is 1. The third-order valence-corrected chi connectivity index (χ3v) is 1.59. The van der Waals surface area contributed by atoms with E-state index >= 15 is 0 Å². The molecule has 1 aliphatic heterocycles. The molecular weight excluding hydrogens is 116 g/mol. The van der Waals surface area contributed by atoms with Gasteiger partial charge in [-0.1, -0.05) is 5.57 Å². The molecule has 0 saturated carbocycles. The zero-order valence-electron chi connectivity index (χ0n) is 5.85. The summed E-state index contributed by atoms with van der Waals surface area (Å²) in [6.45, 7) is 4.65. The van der Waals surface area contributed by atoms with Crippen LogP contribution in [0.15, 0.2) is 11.1 Å². The average molecular weight is 128 g/mol. The second-order valence-corrected chi connectivity index (χ2v) is 2.50. The van der Waals surface area contributed by atoms with E-state index in [2.05, 4.69) is 0 Å². The summed E-state index contributed by atoms with van der Waals surface area (Å²) in [5, 5.41) is 9.08. The maximum absolute atomic E-state index is 9.08. The van der Waals surface area contributed by atoms with E-state index in [1.807, 2.05) is 13.8 Å². The summed E-state index contributed by atoms with van der Waals surface area (Å²) in [7, 11) is 0. The van der Waals surface area contributed by atoms with E-state index in [-0.39, 0.29) is 0 Å². The molecule has 1 unspecified atom stereocenters. The molecule has 52 valence electrons. The van der Waals surface area contributed by atoms with E-state index in [1.165, 1.54) is 5.57 Å². The molecule has 0 radical (unpaired) electrons. The SMILES string of the molecule is CC(C)=C1CCOC1O. The van der Waals surface area contributed by atoms with Crippen molar-refractivity contribution < 1.29 is 9.84 Å². The molecule has 0 amide bonds. The Morgan fingerprint density at radius 1 is 1.67 bits per heavy atom. The van der Waals surface area contributed by atoms with Crippen molar-refractivity contribution in [3.63, 3.8) is 0 Å². The number of allylic oxidation sites excluding steroid dienone is 1. The first-order chi connectivity index (χ1) is 4.22. The van der Waals surface area contributed by atoms with Crippen LogP contribution in [0.2, 0.25) is 0 Å². The highest BCUT2D eigenvalue weighted by molar-refractivity contribution is 5.14. The van der Waals surface area contributed by atoms with Gasteiger partial charge in [-0.15, -0.1) is 0 Å². The van der Waals surface area contributed by atoms with Crippen LogP contribution in [0.5, 0.6) is 0 Å². The highest BCUT2D eigenvalue weighted by Gasteiger charge is 2.18. The van der Waals surface area contributed by atoms with Crippen molar-refractivity contribution in [1.82, 2.24) is 0 Å². The standard InChI is InChI=1S/C7H12O2/c1-5(2)6-3-4-9-7(6)8/h7-8H,3-4H2,1-2H3. The molecule has 9 heavy (non-hydrogen) atoms. The minimum atomic E-state index is -0.616. The van der Waals surface area contributed by atoms with E-state index in [0.29, 0.717) is 6.61 Å². The largest absolute Gasteiger partial charge is 0.364 e. The van der Waals surface area contributed by atoms with Crippen LogP contribution in [0.25, 0.3) is 0 Å². The lowest BCUT2D eigenvalue weighted by atomic mass is 10.1. The summed E-state index contributed by atoms with van der Waals surface area (Å²) >= 11 is 0. The van der Waals surface area contributed by atoms with Gasteiger partial charge in [0.25, 0.3) is 0 Å². The van der Waals surface area contributed by atoms with Crippen LogP contribution in [0.4, 0.5) is 0 Å². The van der Waals surface area contributed by atoms with Crippen molar-refractivity contribution in [3.8, 4) is 0 Å². The maximum Gasteiger partial charge on any atom is 0.177 e. The van der Waals surface area contributed by atoms with Gasteiger partial charge in [0, 0.05) is 0 Å². The number of hydrogen-bond acceptors (Lipinski definition) is 2. The smallest absolute Gasteiger partial charge is 0.177 e. The molecule has 2 nitrogen and oxygen atoms in total. The summed E-state index contributed by atoms with van der Waals surface area (Å²) in [5.41, 5.74) is 2.23. The van der Waals surface area contributed by atoms with Gasteiger partial charge < -0.3 is 9.84 Å². The third kappa shape index (κ3) is 1.32. The quantitative estimate of drug-likeness (QED) is 0.494. The van der Waals surface area contributed by atoms with Gasteiger partial charge in [-0.2, -0.15) is 0 Å². The normalized spacial score (nSPS) is 27.0. The molecule has 0 aromatic heterocycles. The maximum atomic E-state index is 9.08. The van der Waals surface area contributed by atoms with E-state index in [1.54, 1.807) is 0 Å². The second-order valence-electron chi connectivity index (χ2n) is 2.50. The molecule has 1 N–H and O–H groups in total. The molecule has 0 bridgehead atoms. The van der Waals surface area contributed by atoms with Crippen LogP contribution in [0.3, 0.4) is 0 Å². The average Bonchev–Trinajstić information content (AvgIpc) is 2.13. The fourth-order valence-electron chi connectivity index (χ4n) is 1.00. The van der Waals surface area contributed by atoms with Crippen LogP contribution in [0, 0.1) is 0 Å². The zero-order valence-corrected chi connectivity index (χ0v) is 5.85. The summed E-state index contributed by atoms with van der Waals surface area (Å²) in [6, 6.07) is 0. The Morgan fingerprint density at radius 3 is 2.56 bits per heavy atom. The van der Waals surface area contributed by atoms with Crippen molar-refractivity contribution in [2.45, 2.75) is 26.6 Å². The van der Waals surface area contributed by atoms with Crippen LogP contribution in [-0.4, -0.2) is 18.0 Å². The van der Waals surface area contributed by atoms with Crippen molar-refractivity contribution in [3.05, 3.63) is 11.1 Å². The van der Waals surface area contributed by atoms with Crippen LogP contribution < -0.4 is 0 Å². The molecule has 2 heteroatoms. The lowest BCUT2D eigenvalue weighted by Gasteiger charge is -2.03. The molecular formula is C7H12O2. The predicted octanol–water partition coefficient (Wildman–Crippen LogP) is 1.06. The van der Waals surface area contributed by atoms with E-state index in [4.69, 9.17) is 9.84 Å². The first-order valence-electron chi connectivity index (χ1n) is 3.17. The summed E-state index contributed by atoms with van der Waals surface area (Å²) < 4.78 is 4.92. The Labute approximate surface area is 55.1 Å². The highest BCUT2D eigenvalue weighted by atomic mass is 16.6. The Hall–Kier alpha value is -0.340. The number of hydrogen-bond donors (Lipinski definition) is 1. The summed E-state index contributed by atoms with van der Waals surface area (Å²) in [6.07, 6.45) is 0.277. The first kappa shape index (κ1) is 6.78. The highest BCUT2D eigenvalue weighted by Crippen LogP contribution is 2.20. The minimum Gasteiger partial charge on any atom is -0.364 e. The predicted molar refractivity (Wildman–Crippen MR) is 34.9 cm³/mol. The van der Waals surface area contributed by atoms with E-state index in [9.17, 15) is 0 Å². The van der Waals surface area contributed by atoms with Gasteiger partial charge in [0.05, 0.1) is 6.61 Å². The first-order valence-corrected chi connectivity index (χ1v) is 3.17. The molecule has 1 heterocycles. The lowest BCUT2D eigenvalue weighted by molar-refractivity contribution is -0.0399. The second kappa shape index (κ2) is 2.50. The fourth-order valence-corrected chi connectivity index (χ4v) is 1.00. The van der Waals surface area contributed by atoms with Gasteiger partial charge in [-0.25, -0.2) is 0 Å². The molecule has 0 aromatic rings. The van der Waals surface area contributed by atoms with Gasteiger partial charge in [-0.05, 0) is 25.8 Å². The Bertz CT molecular complexity index is 134. The van der Waals surface area contributed by atoms with Crippen LogP contribution in [-0.2, 0) is 4.74 Å². The third-order valence-electron chi connectivity index (χ3n) is 1.59. The van der Waals surface area contributed by atoms with Gasteiger partial charge >= 0.3 is 0 Å². The molecule has 0 aromatic carbocycles. The summed E-state index contributed by atoms with van der Waals surface area (Å²) in [4.78, 5) is 0. The van der Waals surface area contributed by atoms with Gasteiger partial charge in [-0.3, -0.25) is 0 Å². The zero-order chi connectivity index (χ0) is 6.85. The van der Waals surface area contributed by atoms with Crippen molar-refractivity contribution >= 4 is 0 Å². The number of rotatable bonds is 0. The molecule has 1 atom stereocenters. The molecule has 1 aliphatic rings. The summed E-state index contributed by atoms with van der Waals surface area (Å²) in [5.74, 6) is 0. The molecule has 0 aliphatic carbocycles. The molecule has 0 spiro atoms. The van der Waals surface area contributed by atoms with Gasteiger partial charge in [0.2, 0.25) is 0 Å². The van der Waals surface area contributed by atoms with E-state index < -0.39 is 6.29 Å². The molecule has 1 saturated heterocycles. The molecule has 1 fully saturated rings. The van der Waals surface area contributed by atoms with Crippen molar-refractivity contribution in [1.29, 1.82) is 0 Å². The fraction of sp³-hybridized carbons (Fsp3) is 0.714. The van der Waals surface area contributed by atoms with E-state index in [0.717, 1.165) is 12.0 Å². The topological polar surface area (TPSA) is 29.5 Å². The lowest BCUT2D eigenvalue weighted by Crippen LogP contribution is -2.05. The Balaban J connectivity index is 2.70. The monoisotopic (exact) mass is 128 g/mol. The minimum absolute atomic E-state index is 0.616. The van der Waals surface area contributed by atoms with Crippen molar-refractivity contribution in [2.75, 3.05) is 6.61 Å². The molecule has 1 rings (SSSR count). The Kier molecular flexibility index (Phi) is 1.88.